The molecule has 2 nitrogen and oxygen atoms in total. The van der Waals surface area contributed by atoms with Gasteiger partial charge in [0.05, 0.1) is 12.2 Å². The third kappa shape index (κ3) is 4.44. The average Bonchev–Trinajstić information content (AvgIpc) is 1.81. The summed E-state index contributed by atoms with van der Waals surface area (Å²) in [5.74, 6) is 0. The van der Waals surface area contributed by atoms with Crippen LogP contribution < -0.4 is 0 Å². The van der Waals surface area contributed by atoms with Gasteiger partial charge < -0.3 is 10.2 Å². The molecule has 0 aliphatic carbocycles. The van der Waals surface area contributed by atoms with E-state index in [0.717, 1.165) is 0 Å². The normalized spacial score (nSPS) is 20.1. The number of aliphatic hydroxyl groups is 2. The lowest BCUT2D eigenvalue weighted by atomic mass is 10.1. The summed E-state index contributed by atoms with van der Waals surface area (Å²) in [5.41, 5.74) is 0. The van der Waals surface area contributed by atoms with Gasteiger partial charge in [-0.05, 0) is 20.3 Å². The second-order valence-electron chi connectivity index (χ2n) is 2.47. The summed E-state index contributed by atoms with van der Waals surface area (Å²) in [6.45, 7) is 3.41. The fraction of sp³-hybridized carbons (Fsp3) is 1.00. The van der Waals surface area contributed by atoms with Crippen molar-refractivity contribution in [3.63, 3.8) is 0 Å². The van der Waals surface area contributed by atoms with E-state index in [1.807, 2.05) is 0 Å². The number of rotatable bonds is 4. The van der Waals surface area contributed by atoms with Gasteiger partial charge in [-0.2, -0.15) is 0 Å². The number of hydrogen-bond acceptors (Lipinski definition) is 4. The van der Waals surface area contributed by atoms with Gasteiger partial charge >= 0.3 is 0 Å². The second kappa shape index (κ2) is 5.29. The van der Waals surface area contributed by atoms with Gasteiger partial charge in [0.2, 0.25) is 0 Å². The molecule has 0 aliphatic rings. The molecular formula is C6H14O2S2. The molecule has 0 aliphatic heterocycles. The first-order valence-electron chi connectivity index (χ1n) is 3.24. The molecule has 3 atom stereocenters. The molecule has 0 amide bonds. The first kappa shape index (κ1) is 10.6. The molecule has 0 aromatic heterocycles. The molecule has 0 heterocycles. The van der Waals surface area contributed by atoms with Crippen LogP contribution in [-0.2, 0) is 0 Å². The van der Waals surface area contributed by atoms with Gasteiger partial charge in [-0.1, -0.05) is 10.8 Å². The highest BCUT2D eigenvalue weighted by molar-refractivity contribution is 8.68. The van der Waals surface area contributed by atoms with Crippen LogP contribution in [0.1, 0.15) is 20.3 Å². The molecule has 10 heavy (non-hydrogen) atoms. The molecule has 0 saturated carbocycles. The highest BCUT2D eigenvalue weighted by Gasteiger charge is 2.15. The number of aliphatic hydroxyl groups excluding tert-OH is 2. The maximum Gasteiger partial charge on any atom is 0.0639 e. The van der Waals surface area contributed by atoms with Crippen LogP contribution in [0.2, 0.25) is 0 Å². The van der Waals surface area contributed by atoms with Crippen LogP contribution in [0.15, 0.2) is 0 Å². The summed E-state index contributed by atoms with van der Waals surface area (Å²) in [7, 11) is 1.29. The van der Waals surface area contributed by atoms with Crippen molar-refractivity contribution in [1.29, 1.82) is 0 Å². The highest BCUT2D eigenvalue weighted by atomic mass is 33.1. The van der Waals surface area contributed by atoms with Crippen LogP contribution in [0.5, 0.6) is 0 Å². The van der Waals surface area contributed by atoms with Crippen molar-refractivity contribution in [3.8, 4) is 0 Å². The molecular weight excluding hydrogens is 168 g/mol. The maximum atomic E-state index is 9.08. The van der Waals surface area contributed by atoms with E-state index in [0.29, 0.717) is 6.42 Å². The van der Waals surface area contributed by atoms with Crippen molar-refractivity contribution < 1.29 is 10.2 Å². The van der Waals surface area contributed by atoms with Crippen LogP contribution in [0.3, 0.4) is 0 Å². The molecule has 0 rings (SSSR count). The van der Waals surface area contributed by atoms with Gasteiger partial charge in [0.15, 0.2) is 0 Å². The van der Waals surface area contributed by atoms with Crippen LogP contribution in [0.4, 0.5) is 0 Å². The topological polar surface area (TPSA) is 40.5 Å². The van der Waals surface area contributed by atoms with Crippen molar-refractivity contribution in [2.45, 2.75) is 37.7 Å². The van der Waals surface area contributed by atoms with Crippen molar-refractivity contribution in [2.75, 3.05) is 0 Å². The first-order chi connectivity index (χ1) is 4.57. The predicted octanol–water partition coefficient (Wildman–Crippen LogP) is 1.08. The van der Waals surface area contributed by atoms with Gasteiger partial charge in [0, 0.05) is 5.25 Å². The quantitative estimate of drug-likeness (QED) is 0.450. The molecule has 0 spiro atoms. The molecule has 0 fully saturated rings. The van der Waals surface area contributed by atoms with E-state index in [1.54, 1.807) is 13.8 Å². The minimum Gasteiger partial charge on any atom is -0.393 e. The van der Waals surface area contributed by atoms with Crippen LogP contribution in [0, 0.1) is 0 Å². The summed E-state index contributed by atoms with van der Waals surface area (Å²) in [5, 5.41) is 18.1. The molecule has 4 heteroatoms. The first-order valence-corrected chi connectivity index (χ1v) is 5.17. The Labute approximate surface area is 70.8 Å². The highest BCUT2D eigenvalue weighted by Crippen LogP contribution is 2.22. The maximum absolute atomic E-state index is 9.08. The fourth-order valence-electron chi connectivity index (χ4n) is 0.664. The van der Waals surface area contributed by atoms with E-state index in [1.165, 1.54) is 10.8 Å². The summed E-state index contributed by atoms with van der Waals surface area (Å²) >= 11 is 3.98. The van der Waals surface area contributed by atoms with Crippen molar-refractivity contribution >= 4 is 22.5 Å². The Bertz CT molecular complexity index is 85.8. The zero-order chi connectivity index (χ0) is 8.15. The average molecular weight is 182 g/mol. The molecule has 0 aromatic carbocycles. The minimum absolute atomic E-state index is 0.0309. The van der Waals surface area contributed by atoms with E-state index < -0.39 is 6.10 Å². The van der Waals surface area contributed by atoms with Gasteiger partial charge in [0.25, 0.3) is 0 Å². The van der Waals surface area contributed by atoms with Crippen molar-refractivity contribution in [3.05, 3.63) is 0 Å². The Morgan fingerprint density at radius 2 is 1.90 bits per heavy atom. The smallest absolute Gasteiger partial charge is 0.0639 e. The Kier molecular flexibility index (Phi) is 5.62. The zero-order valence-corrected chi connectivity index (χ0v) is 7.90. The summed E-state index contributed by atoms with van der Waals surface area (Å²) in [6, 6.07) is 0. The zero-order valence-electron chi connectivity index (χ0n) is 6.19. The number of thiol groups is 1. The lowest BCUT2D eigenvalue weighted by molar-refractivity contribution is 0.139. The van der Waals surface area contributed by atoms with E-state index in [9.17, 15) is 0 Å². The third-order valence-electron chi connectivity index (χ3n) is 1.25. The van der Waals surface area contributed by atoms with Crippen LogP contribution in [0.25, 0.3) is 0 Å². The Hall–Kier alpha value is 0.620. The second-order valence-corrected chi connectivity index (χ2v) is 3.92. The Balaban J connectivity index is 3.60. The summed E-state index contributed by atoms with van der Waals surface area (Å²) in [4.78, 5) is 0. The minimum atomic E-state index is -0.405. The van der Waals surface area contributed by atoms with Gasteiger partial charge in [-0.3, -0.25) is 0 Å². The molecule has 2 N–H and O–H groups in total. The van der Waals surface area contributed by atoms with Crippen LogP contribution in [-0.4, -0.2) is 27.7 Å². The fourth-order valence-corrected chi connectivity index (χ4v) is 1.99. The largest absolute Gasteiger partial charge is 0.393 e. The SMILES string of the molecule is CC(O)CC(SS)C(C)O. The van der Waals surface area contributed by atoms with E-state index in [2.05, 4.69) is 11.7 Å². The van der Waals surface area contributed by atoms with Crippen LogP contribution >= 0.6 is 22.5 Å². The van der Waals surface area contributed by atoms with Gasteiger partial charge in [0.1, 0.15) is 0 Å². The lowest BCUT2D eigenvalue weighted by Crippen LogP contribution is -2.22. The third-order valence-corrected chi connectivity index (χ3v) is 2.92. The Morgan fingerprint density at radius 3 is 2.00 bits per heavy atom. The van der Waals surface area contributed by atoms with Gasteiger partial charge in [-0.15, -0.1) is 11.7 Å². The van der Waals surface area contributed by atoms with Crippen molar-refractivity contribution in [1.82, 2.24) is 0 Å². The molecule has 0 saturated heterocycles. The lowest BCUT2D eigenvalue weighted by Gasteiger charge is -2.17. The molecule has 62 valence electrons. The van der Waals surface area contributed by atoms with E-state index in [-0.39, 0.29) is 11.4 Å². The Morgan fingerprint density at radius 1 is 1.40 bits per heavy atom. The molecule has 0 aromatic rings. The summed E-state index contributed by atoms with van der Waals surface area (Å²) in [6.07, 6.45) is -0.178. The monoisotopic (exact) mass is 182 g/mol. The summed E-state index contributed by atoms with van der Waals surface area (Å²) < 4.78 is 0. The van der Waals surface area contributed by atoms with Crippen molar-refractivity contribution in [2.24, 2.45) is 0 Å². The van der Waals surface area contributed by atoms with E-state index in [4.69, 9.17) is 10.2 Å². The van der Waals surface area contributed by atoms with E-state index >= 15 is 0 Å². The number of hydrogen-bond donors (Lipinski definition) is 3. The molecule has 0 bridgehead atoms. The standard InChI is InChI=1S/C6H14O2S2/c1-4(7)3-6(10-9)5(2)8/h4-9H,3H2,1-2H3. The predicted molar refractivity (Wildman–Crippen MR) is 48.3 cm³/mol. The van der Waals surface area contributed by atoms with Gasteiger partial charge in [-0.25, -0.2) is 0 Å². The molecule has 3 unspecified atom stereocenters. The molecule has 0 radical (unpaired) electrons.